The smallest absolute Gasteiger partial charge is 0.305 e. The van der Waals surface area contributed by atoms with E-state index in [-0.39, 0.29) is 26.2 Å². The van der Waals surface area contributed by atoms with Crippen molar-refractivity contribution in [3.05, 3.63) is 0 Å². The second kappa shape index (κ2) is 17.7. The van der Waals surface area contributed by atoms with E-state index in [9.17, 15) is 40.5 Å². The molecule has 224 valence electrons. The summed E-state index contributed by atoms with van der Waals surface area (Å²) in [6.45, 7) is 0.863. The van der Waals surface area contributed by atoms with Gasteiger partial charge >= 0.3 is 5.97 Å². The number of aliphatic hydroxyl groups is 7. The number of carbonyl (C=O) groups excluding carboxylic acids is 1. The third-order valence-corrected chi connectivity index (χ3v) is 7.35. The lowest BCUT2D eigenvalue weighted by Gasteiger charge is -2.42. The molecule has 0 amide bonds. The lowest BCUT2D eigenvalue weighted by Crippen LogP contribution is -2.60. The first kappa shape index (κ1) is 33.3. The predicted octanol–water partition coefficient (Wildman–Crippen LogP) is -0.635. The molecule has 0 aromatic heterocycles. The van der Waals surface area contributed by atoms with Crippen molar-refractivity contribution in [3.8, 4) is 0 Å². The van der Waals surface area contributed by atoms with E-state index in [4.69, 9.17) is 18.9 Å². The number of hydrogen-bond donors (Lipinski definition) is 7. The molecule has 12 nitrogen and oxygen atoms in total. The molecule has 38 heavy (non-hydrogen) atoms. The van der Waals surface area contributed by atoms with Gasteiger partial charge in [-0.15, -0.1) is 0 Å². The third kappa shape index (κ3) is 10.2. The van der Waals surface area contributed by atoms with E-state index >= 15 is 0 Å². The summed E-state index contributed by atoms with van der Waals surface area (Å²) in [4.78, 5) is 12.1. The van der Waals surface area contributed by atoms with Crippen LogP contribution in [0.4, 0.5) is 0 Å². The van der Waals surface area contributed by atoms with Gasteiger partial charge in [-0.2, -0.15) is 0 Å². The zero-order valence-electron chi connectivity index (χ0n) is 22.3. The van der Waals surface area contributed by atoms with Crippen molar-refractivity contribution in [2.24, 2.45) is 5.92 Å². The van der Waals surface area contributed by atoms with E-state index in [1.165, 1.54) is 32.1 Å². The van der Waals surface area contributed by atoms with Gasteiger partial charge in [0.05, 0.1) is 32.0 Å². The second-order valence-electron chi connectivity index (χ2n) is 10.4. The van der Waals surface area contributed by atoms with Crippen molar-refractivity contribution >= 4 is 5.97 Å². The average molecular weight is 553 g/mol. The SMILES string of the molecule is CCCCCCCCCCCC(=O)OC[C@H]1OC(COCC2[C@@H](CO)O[C@@H](O)[C@H](O)[C@H]2O)[C@H](O)[C@@H](O)[C@@H]1O. The summed E-state index contributed by atoms with van der Waals surface area (Å²) < 4.78 is 21.5. The fourth-order valence-corrected chi connectivity index (χ4v) is 4.84. The first-order valence-electron chi connectivity index (χ1n) is 13.9. The minimum atomic E-state index is -1.65. The Kier molecular flexibility index (Phi) is 15.5. The van der Waals surface area contributed by atoms with Crippen molar-refractivity contribution in [2.45, 2.75) is 126 Å². The first-order valence-corrected chi connectivity index (χ1v) is 13.9. The monoisotopic (exact) mass is 552 g/mol. The molecule has 0 bridgehead atoms. The lowest BCUT2D eigenvalue weighted by molar-refractivity contribution is -0.282. The van der Waals surface area contributed by atoms with E-state index in [0.29, 0.717) is 6.42 Å². The zero-order chi connectivity index (χ0) is 28.1. The molecular formula is C26H48O12. The number of rotatable bonds is 17. The minimum absolute atomic E-state index is 0.222. The van der Waals surface area contributed by atoms with Gasteiger partial charge in [-0.3, -0.25) is 4.79 Å². The highest BCUT2D eigenvalue weighted by Gasteiger charge is 2.46. The van der Waals surface area contributed by atoms with Crippen LogP contribution in [0.5, 0.6) is 0 Å². The van der Waals surface area contributed by atoms with E-state index in [1.807, 2.05) is 0 Å². The van der Waals surface area contributed by atoms with Gasteiger partial charge in [-0.25, -0.2) is 0 Å². The third-order valence-electron chi connectivity index (χ3n) is 7.35. The Hall–Kier alpha value is -0.930. The summed E-state index contributed by atoms with van der Waals surface area (Å²) in [6.07, 6.45) is -2.03. The lowest BCUT2D eigenvalue weighted by atomic mass is 9.90. The molecule has 0 saturated carbocycles. The van der Waals surface area contributed by atoms with Gasteiger partial charge in [0.2, 0.25) is 0 Å². The van der Waals surface area contributed by atoms with Crippen LogP contribution in [-0.2, 0) is 23.7 Å². The van der Waals surface area contributed by atoms with Crippen LogP contribution >= 0.6 is 0 Å². The highest BCUT2D eigenvalue weighted by atomic mass is 16.6. The molecule has 7 N–H and O–H groups in total. The molecule has 10 atom stereocenters. The summed E-state index contributed by atoms with van der Waals surface area (Å²) in [5, 5.41) is 69.9. The van der Waals surface area contributed by atoms with Gasteiger partial charge in [0.15, 0.2) is 6.29 Å². The second-order valence-corrected chi connectivity index (χ2v) is 10.4. The molecule has 2 fully saturated rings. The molecule has 0 radical (unpaired) electrons. The fraction of sp³-hybridized carbons (Fsp3) is 0.962. The van der Waals surface area contributed by atoms with Crippen LogP contribution in [0.2, 0.25) is 0 Å². The van der Waals surface area contributed by atoms with Gasteiger partial charge in [0.25, 0.3) is 0 Å². The van der Waals surface area contributed by atoms with Crippen LogP contribution < -0.4 is 0 Å². The average Bonchev–Trinajstić information content (AvgIpc) is 2.91. The van der Waals surface area contributed by atoms with Crippen molar-refractivity contribution < 1.29 is 59.5 Å². The topological polar surface area (TPSA) is 196 Å². The Morgan fingerprint density at radius 3 is 1.84 bits per heavy atom. The van der Waals surface area contributed by atoms with Crippen molar-refractivity contribution in [3.63, 3.8) is 0 Å². The highest BCUT2D eigenvalue weighted by molar-refractivity contribution is 5.69. The molecule has 0 spiro atoms. The van der Waals surface area contributed by atoms with Crippen LogP contribution in [0.3, 0.4) is 0 Å². The molecule has 0 aromatic carbocycles. The fourth-order valence-electron chi connectivity index (χ4n) is 4.84. The maximum absolute atomic E-state index is 12.1. The van der Waals surface area contributed by atoms with Gasteiger partial charge in [-0.05, 0) is 6.42 Å². The molecule has 0 aliphatic carbocycles. The van der Waals surface area contributed by atoms with Gasteiger partial charge in [0.1, 0.15) is 43.2 Å². The van der Waals surface area contributed by atoms with Crippen LogP contribution in [0.15, 0.2) is 0 Å². The maximum Gasteiger partial charge on any atom is 0.305 e. The molecule has 2 aliphatic rings. The minimum Gasteiger partial charge on any atom is -0.463 e. The van der Waals surface area contributed by atoms with Crippen molar-refractivity contribution in [2.75, 3.05) is 26.4 Å². The molecular weight excluding hydrogens is 504 g/mol. The Labute approximate surface area is 224 Å². The van der Waals surface area contributed by atoms with Crippen LogP contribution in [0.25, 0.3) is 0 Å². The molecule has 2 saturated heterocycles. The van der Waals surface area contributed by atoms with E-state index in [0.717, 1.165) is 19.3 Å². The number of hydrogen-bond acceptors (Lipinski definition) is 12. The summed E-state index contributed by atoms with van der Waals surface area (Å²) in [5.74, 6) is -1.31. The van der Waals surface area contributed by atoms with Gasteiger partial charge < -0.3 is 54.7 Å². The number of unbranched alkanes of at least 4 members (excludes halogenated alkanes) is 8. The summed E-state index contributed by atoms with van der Waals surface area (Å²) in [7, 11) is 0. The Morgan fingerprint density at radius 2 is 1.24 bits per heavy atom. The largest absolute Gasteiger partial charge is 0.463 e. The van der Waals surface area contributed by atoms with Gasteiger partial charge in [-0.1, -0.05) is 58.3 Å². The zero-order valence-corrected chi connectivity index (χ0v) is 22.3. The maximum atomic E-state index is 12.1. The molecule has 0 aromatic rings. The number of esters is 1. The Morgan fingerprint density at radius 1 is 0.658 bits per heavy atom. The van der Waals surface area contributed by atoms with Crippen LogP contribution in [-0.4, -0.2) is 123 Å². The quantitative estimate of drug-likeness (QED) is 0.0892. The highest BCUT2D eigenvalue weighted by Crippen LogP contribution is 2.27. The van der Waals surface area contributed by atoms with Crippen molar-refractivity contribution in [1.82, 2.24) is 0 Å². The number of aliphatic hydroxyl groups excluding tert-OH is 7. The number of ether oxygens (including phenoxy) is 4. The molecule has 2 heterocycles. The molecule has 12 heteroatoms. The Bertz CT molecular complexity index is 650. The standard InChI is InChI=1S/C26H48O12/c1-2-3-4-5-6-7-8-9-10-11-20(28)36-15-19-23(31)24(32)22(30)18(37-19)14-35-13-16-17(12-27)38-26(34)25(33)21(16)29/h16-19,21-27,29-34H,2-15H2,1H3/t16?,17-,18?,19-,21+,22+,23-,24-,25-,26-/m1/s1. The number of carbonyl (C=O) groups is 1. The normalized spacial score (nSPS) is 35.8. The van der Waals surface area contributed by atoms with Crippen LogP contribution in [0.1, 0.15) is 71.1 Å². The first-order chi connectivity index (χ1) is 18.2. The van der Waals surface area contributed by atoms with Gasteiger partial charge in [0, 0.05) is 12.3 Å². The molecule has 2 rings (SSSR count). The van der Waals surface area contributed by atoms with Crippen LogP contribution in [0, 0.1) is 5.92 Å². The Balaban J connectivity index is 1.71. The summed E-state index contributed by atoms with van der Waals surface area (Å²) in [5.41, 5.74) is 0. The summed E-state index contributed by atoms with van der Waals surface area (Å²) in [6, 6.07) is 0. The van der Waals surface area contributed by atoms with E-state index in [1.54, 1.807) is 0 Å². The molecule has 2 unspecified atom stereocenters. The van der Waals surface area contributed by atoms with E-state index < -0.39 is 73.6 Å². The van der Waals surface area contributed by atoms with E-state index in [2.05, 4.69) is 6.92 Å². The van der Waals surface area contributed by atoms with Crippen molar-refractivity contribution in [1.29, 1.82) is 0 Å². The molecule has 2 aliphatic heterocycles. The summed E-state index contributed by atoms with van der Waals surface area (Å²) >= 11 is 0. The predicted molar refractivity (Wildman–Crippen MR) is 134 cm³/mol.